The lowest BCUT2D eigenvalue weighted by molar-refractivity contribution is -0.122. The van der Waals surface area contributed by atoms with Gasteiger partial charge in [0.15, 0.2) is 0 Å². The molecule has 0 spiro atoms. The molecule has 1 aliphatic rings. The molecule has 6 nitrogen and oxygen atoms in total. The second-order valence-electron chi connectivity index (χ2n) is 7.22. The van der Waals surface area contributed by atoms with Gasteiger partial charge in [-0.25, -0.2) is 0 Å². The van der Waals surface area contributed by atoms with Gasteiger partial charge in [0.05, 0.1) is 5.92 Å². The van der Waals surface area contributed by atoms with Crippen LogP contribution < -0.4 is 10.2 Å². The summed E-state index contributed by atoms with van der Waals surface area (Å²) in [5.74, 6) is -0.603. The SMILES string of the molecule is Cc1ccc(N2CC(C(=O)Nc3nnc(CCc4ccccc4)s3)CC2=O)cc1. The van der Waals surface area contributed by atoms with Crippen LogP contribution in [-0.4, -0.2) is 28.6 Å². The van der Waals surface area contributed by atoms with Crippen LogP contribution in [0.2, 0.25) is 0 Å². The molecule has 2 aromatic carbocycles. The highest BCUT2D eigenvalue weighted by Crippen LogP contribution is 2.27. The zero-order valence-corrected chi connectivity index (χ0v) is 17.0. The molecule has 148 valence electrons. The van der Waals surface area contributed by atoms with Gasteiger partial charge in [-0.2, -0.15) is 0 Å². The lowest BCUT2D eigenvalue weighted by Gasteiger charge is -2.16. The van der Waals surface area contributed by atoms with Crippen molar-refractivity contribution in [2.75, 3.05) is 16.8 Å². The number of carbonyl (C=O) groups excluding carboxylic acids is 2. The highest BCUT2D eigenvalue weighted by atomic mass is 32.1. The summed E-state index contributed by atoms with van der Waals surface area (Å²) in [6.45, 7) is 2.38. The fourth-order valence-electron chi connectivity index (χ4n) is 3.37. The molecule has 0 saturated carbocycles. The number of amides is 2. The van der Waals surface area contributed by atoms with Gasteiger partial charge < -0.3 is 10.2 Å². The first kappa shape index (κ1) is 19.3. The monoisotopic (exact) mass is 406 g/mol. The van der Waals surface area contributed by atoms with E-state index in [4.69, 9.17) is 0 Å². The molecule has 2 amide bonds. The van der Waals surface area contributed by atoms with Gasteiger partial charge in [-0.15, -0.1) is 10.2 Å². The van der Waals surface area contributed by atoms with Crippen molar-refractivity contribution in [1.29, 1.82) is 0 Å². The molecule has 4 rings (SSSR count). The summed E-state index contributed by atoms with van der Waals surface area (Å²) in [7, 11) is 0. The third-order valence-electron chi connectivity index (χ3n) is 5.01. The van der Waals surface area contributed by atoms with E-state index in [0.29, 0.717) is 11.7 Å². The maximum Gasteiger partial charge on any atom is 0.231 e. The molecule has 2 heterocycles. The predicted molar refractivity (Wildman–Crippen MR) is 114 cm³/mol. The largest absolute Gasteiger partial charge is 0.312 e. The number of hydrogen-bond donors (Lipinski definition) is 1. The molecule has 1 N–H and O–H groups in total. The molecule has 0 radical (unpaired) electrons. The Labute approximate surface area is 173 Å². The Morgan fingerprint density at radius 3 is 2.62 bits per heavy atom. The van der Waals surface area contributed by atoms with Crippen LogP contribution in [0.1, 0.15) is 22.6 Å². The Kier molecular flexibility index (Phi) is 5.67. The minimum Gasteiger partial charge on any atom is -0.312 e. The Morgan fingerprint density at radius 1 is 1.10 bits per heavy atom. The van der Waals surface area contributed by atoms with Gasteiger partial charge in [0, 0.05) is 25.1 Å². The van der Waals surface area contributed by atoms with Crippen molar-refractivity contribution in [3.05, 3.63) is 70.7 Å². The number of aryl methyl sites for hydroxylation is 3. The number of aromatic nitrogens is 2. The van der Waals surface area contributed by atoms with Gasteiger partial charge >= 0.3 is 0 Å². The van der Waals surface area contributed by atoms with Crippen LogP contribution in [0.25, 0.3) is 0 Å². The maximum absolute atomic E-state index is 12.6. The molecule has 1 aliphatic heterocycles. The molecular weight excluding hydrogens is 384 g/mol. The van der Waals surface area contributed by atoms with E-state index in [1.165, 1.54) is 16.9 Å². The average Bonchev–Trinajstić information content (AvgIpc) is 3.34. The smallest absolute Gasteiger partial charge is 0.231 e. The fourth-order valence-corrected chi connectivity index (χ4v) is 4.11. The summed E-state index contributed by atoms with van der Waals surface area (Å²) < 4.78 is 0. The number of rotatable bonds is 6. The van der Waals surface area contributed by atoms with E-state index >= 15 is 0 Å². The highest BCUT2D eigenvalue weighted by molar-refractivity contribution is 7.15. The molecule has 1 saturated heterocycles. The van der Waals surface area contributed by atoms with Gasteiger partial charge in [-0.3, -0.25) is 9.59 Å². The molecular formula is C22H22N4O2S. The minimum atomic E-state index is -0.388. The number of nitrogens with one attached hydrogen (secondary N) is 1. The quantitative estimate of drug-likeness (QED) is 0.678. The Balaban J connectivity index is 1.33. The number of hydrogen-bond acceptors (Lipinski definition) is 5. The molecule has 29 heavy (non-hydrogen) atoms. The standard InChI is InChI=1S/C22H22N4O2S/c1-15-7-10-18(11-8-15)26-14-17(13-20(26)27)21(28)23-22-25-24-19(29-22)12-9-16-5-3-2-4-6-16/h2-8,10-11,17H,9,12-14H2,1H3,(H,23,25,28). The first-order valence-corrected chi connectivity index (χ1v) is 10.4. The maximum atomic E-state index is 12.6. The minimum absolute atomic E-state index is 0.0326. The Morgan fingerprint density at radius 2 is 1.86 bits per heavy atom. The Bertz CT molecular complexity index is 1000. The second kappa shape index (κ2) is 8.53. The Hall–Kier alpha value is -3.06. The van der Waals surface area contributed by atoms with Crippen LogP contribution in [0.15, 0.2) is 54.6 Å². The van der Waals surface area contributed by atoms with Crippen molar-refractivity contribution in [3.8, 4) is 0 Å². The molecule has 1 aromatic heterocycles. The van der Waals surface area contributed by atoms with Crippen molar-refractivity contribution >= 4 is 34.0 Å². The van der Waals surface area contributed by atoms with Crippen molar-refractivity contribution in [2.45, 2.75) is 26.2 Å². The third-order valence-corrected chi connectivity index (χ3v) is 5.91. The zero-order chi connectivity index (χ0) is 20.2. The van der Waals surface area contributed by atoms with Crippen LogP contribution >= 0.6 is 11.3 Å². The van der Waals surface area contributed by atoms with Crippen LogP contribution in [0.5, 0.6) is 0 Å². The molecule has 1 unspecified atom stereocenters. The lowest BCUT2D eigenvalue weighted by Crippen LogP contribution is -2.28. The number of carbonyl (C=O) groups is 2. The van der Waals surface area contributed by atoms with Gasteiger partial charge in [-0.05, 0) is 31.0 Å². The van der Waals surface area contributed by atoms with Crippen molar-refractivity contribution in [1.82, 2.24) is 10.2 Å². The van der Waals surface area contributed by atoms with Gasteiger partial charge in [-0.1, -0.05) is 59.4 Å². The van der Waals surface area contributed by atoms with Crippen molar-refractivity contribution < 1.29 is 9.59 Å². The summed E-state index contributed by atoms with van der Waals surface area (Å²) in [6.07, 6.45) is 1.87. The first-order chi connectivity index (χ1) is 14.1. The molecule has 0 aliphatic carbocycles. The summed E-state index contributed by atoms with van der Waals surface area (Å²) in [5.41, 5.74) is 3.21. The van der Waals surface area contributed by atoms with E-state index < -0.39 is 0 Å². The highest BCUT2D eigenvalue weighted by Gasteiger charge is 2.35. The topological polar surface area (TPSA) is 75.2 Å². The fraction of sp³-hybridized carbons (Fsp3) is 0.273. The van der Waals surface area contributed by atoms with Crippen LogP contribution in [-0.2, 0) is 22.4 Å². The van der Waals surface area contributed by atoms with E-state index in [1.807, 2.05) is 49.4 Å². The van der Waals surface area contributed by atoms with Crippen LogP contribution in [0.3, 0.4) is 0 Å². The summed E-state index contributed by atoms with van der Waals surface area (Å²) in [5, 5.41) is 12.5. The summed E-state index contributed by atoms with van der Waals surface area (Å²) in [6, 6.07) is 18.0. The third kappa shape index (κ3) is 4.68. The van der Waals surface area contributed by atoms with E-state index in [2.05, 4.69) is 27.6 Å². The summed E-state index contributed by atoms with van der Waals surface area (Å²) >= 11 is 1.39. The van der Waals surface area contributed by atoms with Crippen molar-refractivity contribution in [3.63, 3.8) is 0 Å². The first-order valence-electron chi connectivity index (χ1n) is 9.63. The zero-order valence-electron chi connectivity index (χ0n) is 16.2. The van der Waals surface area contributed by atoms with Crippen molar-refractivity contribution in [2.24, 2.45) is 5.92 Å². The van der Waals surface area contributed by atoms with Gasteiger partial charge in [0.2, 0.25) is 16.9 Å². The van der Waals surface area contributed by atoms with Crippen LogP contribution in [0.4, 0.5) is 10.8 Å². The van der Waals surface area contributed by atoms with Gasteiger partial charge in [0.25, 0.3) is 0 Å². The van der Waals surface area contributed by atoms with Crippen LogP contribution in [0, 0.1) is 12.8 Å². The average molecular weight is 407 g/mol. The molecule has 0 bridgehead atoms. The second-order valence-corrected chi connectivity index (χ2v) is 8.28. The molecule has 3 aromatic rings. The van der Waals surface area contributed by atoms with E-state index in [9.17, 15) is 9.59 Å². The number of anilines is 2. The van der Waals surface area contributed by atoms with Gasteiger partial charge in [0.1, 0.15) is 5.01 Å². The normalized spacial score (nSPS) is 16.2. The molecule has 1 fully saturated rings. The number of benzene rings is 2. The molecule has 7 heteroatoms. The predicted octanol–water partition coefficient (Wildman–Crippen LogP) is 3.62. The van der Waals surface area contributed by atoms with E-state index in [0.717, 1.165) is 29.1 Å². The molecule has 1 atom stereocenters. The van der Waals surface area contributed by atoms with E-state index in [-0.39, 0.29) is 24.2 Å². The summed E-state index contributed by atoms with van der Waals surface area (Å²) in [4.78, 5) is 26.7. The van der Waals surface area contributed by atoms with E-state index in [1.54, 1.807) is 4.90 Å². The number of nitrogens with zero attached hydrogens (tertiary/aromatic N) is 3. The lowest BCUT2D eigenvalue weighted by atomic mass is 10.1.